The van der Waals surface area contributed by atoms with Gasteiger partial charge in [-0.05, 0) is 61.7 Å². The molecule has 1 aliphatic rings. The lowest BCUT2D eigenvalue weighted by Gasteiger charge is -2.28. The number of ether oxygens (including phenoxy) is 1. The highest BCUT2D eigenvalue weighted by Crippen LogP contribution is 2.39. The van der Waals surface area contributed by atoms with Crippen molar-refractivity contribution in [1.82, 2.24) is 4.90 Å². The number of likely N-dealkylation sites (tertiary alicyclic amines) is 1. The molecule has 34 heavy (non-hydrogen) atoms. The maximum Gasteiger partial charge on any atom is 0.232 e. The first kappa shape index (κ1) is 25.6. The van der Waals surface area contributed by atoms with Crippen LogP contribution < -0.4 is 14.8 Å². The summed E-state index contributed by atoms with van der Waals surface area (Å²) in [6.45, 7) is 6.01. The predicted molar refractivity (Wildman–Crippen MR) is 133 cm³/mol. The Labute approximate surface area is 201 Å². The quantitative estimate of drug-likeness (QED) is 0.525. The Hall–Kier alpha value is -3.07. The summed E-state index contributed by atoms with van der Waals surface area (Å²) in [6.07, 6.45) is 1.95. The highest BCUT2D eigenvalue weighted by Gasteiger charge is 2.44. The summed E-state index contributed by atoms with van der Waals surface area (Å²) in [5, 5.41) is 2.93. The second kappa shape index (κ2) is 10.9. The molecule has 0 spiro atoms. The first-order valence-corrected chi connectivity index (χ1v) is 13.2. The van der Waals surface area contributed by atoms with E-state index in [1.54, 1.807) is 39.2 Å². The molecular formula is C25H33N3O5S. The number of nitrogens with zero attached hydrogens (tertiary/aromatic N) is 1. The fraction of sp³-hybridized carbons (Fsp3) is 0.440. The fourth-order valence-corrected chi connectivity index (χ4v) is 4.87. The largest absolute Gasteiger partial charge is 0.497 e. The predicted octanol–water partition coefficient (Wildman–Crippen LogP) is 4.09. The number of aryl methyl sites for hydroxylation is 1. The van der Waals surface area contributed by atoms with Gasteiger partial charge in [0.25, 0.3) is 0 Å². The molecule has 2 atom stereocenters. The average Bonchev–Trinajstić information content (AvgIpc) is 3.15. The summed E-state index contributed by atoms with van der Waals surface area (Å²) in [6, 6.07) is 12.1. The van der Waals surface area contributed by atoms with E-state index in [1.165, 1.54) is 0 Å². The topological polar surface area (TPSA) is 105 Å². The zero-order valence-electron chi connectivity index (χ0n) is 20.1. The fourth-order valence-electron chi connectivity index (χ4n) is 4.16. The minimum absolute atomic E-state index is 0.0259. The summed E-state index contributed by atoms with van der Waals surface area (Å²) in [4.78, 5) is 28.0. The molecule has 2 amide bonds. The Kier molecular flexibility index (Phi) is 8.19. The van der Waals surface area contributed by atoms with Crippen LogP contribution in [0.25, 0.3) is 0 Å². The van der Waals surface area contributed by atoms with E-state index in [4.69, 9.17) is 4.74 Å². The number of sulfonamides is 1. The highest BCUT2D eigenvalue weighted by atomic mass is 32.2. The number of methoxy groups -OCH3 is 1. The van der Waals surface area contributed by atoms with Crippen molar-refractivity contribution in [3.05, 3.63) is 53.6 Å². The number of nitrogens with one attached hydrogen (secondary N) is 2. The molecule has 1 aliphatic heterocycles. The van der Waals surface area contributed by atoms with Gasteiger partial charge in [0.15, 0.2) is 0 Å². The Morgan fingerprint density at radius 1 is 1.15 bits per heavy atom. The van der Waals surface area contributed by atoms with Crippen LogP contribution >= 0.6 is 0 Å². The smallest absolute Gasteiger partial charge is 0.232 e. The molecule has 2 aromatic rings. The van der Waals surface area contributed by atoms with Crippen molar-refractivity contribution in [3.8, 4) is 5.75 Å². The molecule has 0 bridgehead atoms. The maximum atomic E-state index is 13.3. The van der Waals surface area contributed by atoms with Crippen LogP contribution in [0.2, 0.25) is 0 Å². The van der Waals surface area contributed by atoms with E-state index in [2.05, 4.69) is 17.0 Å². The minimum Gasteiger partial charge on any atom is -0.497 e. The van der Waals surface area contributed by atoms with Crippen LogP contribution in [0.3, 0.4) is 0 Å². The number of hydrogen-bond acceptors (Lipinski definition) is 5. The standard InChI is InChI=1S/C25H33N3O5S/c1-5-7-14-28-23(29)16-21(24(28)18-8-11-20(33-4)12-9-18)25(30)26-19-10-13-22(17(3)15-19)27-34(31,32)6-2/h8-13,15,21,24,27H,5-7,14,16H2,1-4H3,(H,26,30). The van der Waals surface area contributed by atoms with Crippen LogP contribution in [-0.4, -0.2) is 44.5 Å². The van der Waals surface area contributed by atoms with Crippen LogP contribution in [0.4, 0.5) is 11.4 Å². The Balaban J connectivity index is 1.83. The van der Waals surface area contributed by atoms with E-state index in [0.29, 0.717) is 29.2 Å². The lowest BCUT2D eigenvalue weighted by molar-refractivity contribution is -0.129. The van der Waals surface area contributed by atoms with Gasteiger partial charge in [-0.15, -0.1) is 0 Å². The number of amides is 2. The lowest BCUT2D eigenvalue weighted by Crippen LogP contribution is -2.33. The van der Waals surface area contributed by atoms with Crippen molar-refractivity contribution in [1.29, 1.82) is 0 Å². The van der Waals surface area contributed by atoms with Crippen molar-refractivity contribution in [3.63, 3.8) is 0 Å². The van der Waals surface area contributed by atoms with Crippen molar-refractivity contribution in [2.45, 2.75) is 46.1 Å². The molecule has 3 rings (SSSR count). The van der Waals surface area contributed by atoms with Gasteiger partial charge in [-0.25, -0.2) is 8.42 Å². The normalized spacial score (nSPS) is 18.1. The molecular weight excluding hydrogens is 454 g/mol. The van der Waals surface area contributed by atoms with Gasteiger partial charge in [0.2, 0.25) is 21.8 Å². The second-order valence-electron chi connectivity index (χ2n) is 8.49. The minimum atomic E-state index is -3.40. The molecule has 1 saturated heterocycles. The van der Waals surface area contributed by atoms with Crippen LogP contribution in [-0.2, 0) is 19.6 Å². The summed E-state index contributed by atoms with van der Waals surface area (Å²) in [7, 11) is -1.80. The number of benzene rings is 2. The van der Waals surface area contributed by atoms with Crippen LogP contribution in [0.1, 0.15) is 50.3 Å². The van der Waals surface area contributed by atoms with E-state index in [1.807, 2.05) is 29.2 Å². The Morgan fingerprint density at radius 3 is 2.44 bits per heavy atom. The Bertz CT molecular complexity index is 1130. The molecule has 1 heterocycles. The molecule has 8 nitrogen and oxygen atoms in total. The lowest BCUT2D eigenvalue weighted by atomic mass is 9.92. The monoisotopic (exact) mass is 487 g/mol. The van der Waals surface area contributed by atoms with E-state index in [9.17, 15) is 18.0 Å². The highest BCUT2D eigenvalue weighted by molar-refractivity contribution is 7.92. The molecule has 0 saturated carbocycles. The van der Waals surface area contributed by atoms with Crippen molar-refractivity contribution >= 4 is 33.2 Å². The number of carbonyl (C=O) groups excluding carboxylic acids is 2. The summed E-state index contributed by atoms with van der Waals surface area (Å²) in [5.41, 5.74) is 2.60. The molecule has 2 aromatic carbocycles. The number of rotatable bonds is 10. The number of carbonyl (C=O) groups is 2. The van der Waals surface area contributed by atoms with Gasteiger partial charge >= 0.3 is 0 Å². The summed E-state index contributed by atoms with van der Waals surface area (Å²) < 4.78 is 31.6. The van der Waals surface area contributed by atoms with E-state index in [0.717, 1.165) is 18.4 Å². The van der Waals surface area contributed by atoms with Crippen LogP contribution in [0, 0.1) is 12.8 Å². The third-order valence-electron chi connectivity index (χ3n) is 6.12. The molecule has 2 unspecified atom stereocenters. The van der Waals surface area contributed by atoms with Gasteiger partial charge in [-0.1, -0.05) is 25.5 Å². The number of hydrogen-bond donors (Lipinski definition) is 2. The molecule has 0 radical (unpaired) electrons. The molecule has 9 heteroatoms. The van der Waals surface area contributed by atoms with E-state index >= 15 is 0 Å². The van der Waals surface area contributed by atoms with Crippen molar-refractivity contribution < 1.29 is 22.7 Å². The third-order valence-corrected chi connectivity index (χ3v) is 7.41. The Morgan fingerprint density at radius 2 is 1.85 bits per heavy atom. The second-order valence-corrected chi connectivity index (χ2v) is 10.5. The number of anilines is 2. The first-order chi connectivity index (χ1) is 16.2. The van der Waals surface area contributed by atoms with Crippen molar-refractivity contribution in [2.24, 2.45) is 5.92 Å². The molecule has 2 N–H and O–H groups in total. The van der Waals surface area contributed by atoms with Crippen molar-refractivity contribution in [2.75, 3.05) is 29.4 Å². The van der Waals surface area contributed by atoms with Gasteiger partial charge < -0.3 is 15.0 Å². The van der Waals surface area contributed by atoms with Crippen LogP contribution in [0.5, 0.6) is 5.75 Å². The number of unbranched alkanes of at least 4 members (excludes halogenated alkanes) is 1. The van der Waals surface area contributed by atoms with Gasteiger partial charge in [0.1, 0.15) is 5.75 Å². The molecule has 0 aliphatic carbocycles. The van der Waals surface area contributed by atoms with E-state index < -0.39 is 15.9 Å². The third kappa shape index (κ3) is 5.88. The van der Waals surface area contributed by atoms with Gasteiger partial charge in [0, 0.05) is 18.7 Å². The SMILES string of the molecule is CCCCN1C(=O)CC(C(=O)Nc2ccc(NS(=O)(=O)CC)c(C)c2)C1c1ccc(OC)cc1. The molecule has 184 valence electrons. The first-order valence-electron chi connectivity index (χ1n) is 11.5. The molecule has 1 fully saturated rings. The van der Waals surface area contributed by atoms with E-state index in [-0.39, 0.29) is 30.0 Å². The maximum absolute atomic E-state index is 13.3. The van der Waals surface area contributed by atoms with Gasteiger partial charge in [-0.3, -0.25) is 14.3 Å². The van der Waals surface area contributed by atoms with Gasteiger partial charge in [-0.2, -0.15) is 0 Å². The van der Waals surface area contributed by atoms with Gasteiger partial charge in [0.05, 0.1) is 30.5 Å². The zero-order chi connectivity index (χ0) is 24.9. The zero-order valence-corrected chi connectivity index (χ0v) is 20.9. The van der Waals surface area contributed by atoms with Crippen LogP contribution in [0.15, 0.2) is 42.5 Å². The molecule has 0 aromatic heterocycles. The average molecular weight is 488 g/mol. The summed E-state index contributed by atoms with van der Waals surface area (Å²) in [5.74, 6) is -0.133. The summed E-state index contributed by atoms with van der Waals surface area (Å²) >= 11 is 0.